The number of hydrogen-bond donors (Lipinski definition) is 2. The topological polar surface area (TPSA) is 102 Å². The Morgan fingerprint density at radius 3 is 2.67 bits per heavy atom. The van der Waals surface area contributed by atoms with Crippen LogP contribution in [0.2, 0.25) is 0 Å². The molecule has 4 rings (SSSR count). The van der Waals surface area contributed by atoms with Gasteiger partial charge >= 0.3 is 6.03 Å². The van der Waals surface area contributed by atoms with Crippen molar-refractivity contribution < 1.29 is 14.4 Å². The molecule has 1 aliphatic carbocycles. The number of benzene rings is 2. The van der Waals surface area contributed by atoms with Gasteiger partial charge in [0, 0.05) is 5.69 Å². The summed E-state index contributed by atoms with van der Waals surface area (Å²) in [5.74, 6) is -0.827. The Morgan fingerprint density at radius 2 is 1.90 bits per heavy atom. The Kier molecular flexibility index (Phi) is 5.23. The highest BCUT2D eigenvalue weighted by molar-refractivity contribution is 6.10. The van der Waals surface area contributed by atoms with Crippen LogP contribution in [-0.2, 0) is 28.0 Å². The van der Waals surface area contributed by atoms with E-state index in [9.17, 15) is 14.4 Å². The van der Waals surface area contributed by atoms with Crippen LogP contribution in [0.25, 0.3) is 0 Å². The Labute approximate surface area is 174 Å². The highest BCUT2D eigenvalue weighted by Crippen LogP contribution is 2.38. The molecule has 1 spiro atoms. The minimum atomic E-state index is -1.09. The van der Waals surface area contributed by atoms with E-state index in [1.165, 1.54) is 0 Å². The molecule has 30 heavy (non-hydrogen) atoms. The van der Waals surface area contributed by atoms with Gasteiger partial charge in [0.05, 0.1) is 12.5 Å². The van der Waals surface area contributed by atoms with Gasteiger partial charge in [-0.15, -0.1) is 0 Å². The predicted octanol–water partition coefficient (Wildman–Crippen LogP) is 2.86. The molecule has 2 N–H and O–H groups in total. The molecular weight excluding hydrogens is 380 g/mol. The molecule has 0 radical (unpaired) electrons. The van der Waals surface area contributed by atoms with Gasteiger partial charge < -0.3 is 10.6 Å². The number of rotatable bonds is 4. The molecule has 1 fully saturated rings. The van der Waals surface area contributed by atoms with Crippen molar-refractivity contribution >= 4 is 23.5 Å². The van der Waals surface area contributed by atoms with Crippen LogP contribution in [0, 0.1) is 11.3 Å². The molecule has 2 aromatic rings. The smallest absolute Gasteiger partial charge is 0.325 e. The van der Waals surface area contributed by atoms with Crippen molar-refractivity contribution in [1.82, 2.24) is 10.2 Å². The van der Waals surface area contributed by atoms with Crippen LogP contribution in [0.1, 0.15) is 36.0 Å². The van der Waals surface area contributed by atoms with E-state index in [2.05, 4.69) is 16.7 Å². The fourth-order valence-corrected chi connectivity index (χ4v) is 4.26. The number of anilines is 1. The minimum Gasteiger partial charge on any atom is -0.325 e. The Balaban J connectivity index is 1.51. The Hall–Kier alpha value is -3.66. The number of fused-ring (bicyclic) bond motifs is 2. The third kappa shape index (κ3) is 3.52. The number of aryl methyl sites for hydroxylation is 1. The van der Waals surface area contributed by atoms with Crippen LogP contribution in [-0.4, -0.2) is 29.3 Å². The van der Waals surface area contributed by atoms with Crippen molar-refractivity contribution in [2.45, 2.75) is 37.6 Å². The van der Waals surface area contributed by atoms with Crippen molar-refractivity contribution in [3.63, 3.8) is 0 Å². The molecule has 0 unspecified atom stereocenters. The molecule has 2 aliphatic rings. The van der Waals surface area contributed by atoms with Gasteiger partial charge in [0.2, 0.25) is 5.91 Å². The van der Waals surface area contributed by atoms with Crippen LogP contribution in [0.5, 0.6) is 0 Å². The van der Waals surface area contributed by atoms with E-state index in [1.807, 2.05) is 24.3 Å². The van der Waals surface area contributed by atoms with E-state index >= 15 is 0 Å². The third-order valence-corrected chi connectivity index (χ3v) is 5.72. The monoisotopic (exact) mass is 402 g/mol. The van der Waals surface area contributed by atoms with Gasteiger partial charge in [-0.25, -0.2) is 4.79 Å². The number of amides is 4. The van der Waals surface area contributed by atoms with Crippen molar-refractivity contribution in [3.05, 3.63) is 65.2 Å². The van der Waals surface area contributed by atoms with Gasteiger partial charge in [-0.3, -0.25) is 14.5 Å². The SMILES string of the molecule is N#CCc1ccc(NC(=O)CN2C(=O)N[C@@]3(CCCCc4ccccc43)C2=O)cc1. The molecule has 1 heterocycles. The summed E-state index contributed by atoms with van der Waals surface area (Å²) >= 11 is 0. The summed E-state index contributed by atoms with van der Waals surface area (Å²) in [7, 11) is 0. The second-order valence-corrected chi connectivity index (χ2v) is 7.67. The maximum Gasteiger partial charge on any atom is 0.325 e. The first-order valence-electron chi connectivity index (χ1n) is 10.0. The van der Waals surface area contributed by atoms with Gasteiger partial charge in [-0.05, 0) is 54.5 Å². The maximum atomic E-state index is 13.3. The van der Waals surface area contributed by atoms with Crippen LogP contribution >= 0.6 is 0 Å². The lowest BCUT2D eigenvalue weighted by Crippen LogP contribution is -2.44. The average molecular weight is 402 g/mol. The third-order valence-electron chi connectivity index (χ3n) is 5.72. The van der Waals surface area contributed by atoms with Crippen molar-refractivity contribution in [2.75, 3.05) is 11.9 Å². The molecular formula is C23H22N4O3. The Morgan fingerprint density at radius 1 is 1.13 bits per heavy atom. The molecule has 0 saturated carbocycles. The minimum absolute atomic E-state index is 0.292. The van der Waals surface area contributed by atoms with Crippen molar-refractivity contribution in [1.29, 1.82) is 5.26 Å². The molecule has 4 amide bonds. The molecule has 1 saturated heterocycles. The lowest BCUT2D eigenvalue weighted by molar-refractivity contribution is -0.134. The summed E-state index contributed by atoms with van der Waals surface area (Å²) in [4.78, 5) is 39.5. The zero-order valence-corrected chi connectivity index (χ0v) is 16.5. The molecule has 0 bridgehead atoms. The lowest BCUT2D eigenvalue weighted by atomic mass is 9.84. The molecule has 1 aliphatic heterocycles. The normalized spacial score (nSPS) is 20.3. The van der Waals surface area contributed by atoms with E-state index in [0.717, 1.165) is 40.9 Å². The summed E-state index contributed by atoms with van der Waals surface area (Å²) in [6.07, 6.45) is 3.44. The van der Waals surface area contributed by atoms with Gasteiger partial charge in [-0.1, -0.05) is 36.4 Å². The summed E-state index contributed by atoms with van der Waals surface area (Å²) in [6.45, 7) is -0.353. The van der Waals surface area contributed by atoms with E-state index in [1.54, 1.807) is 24.3 Å². The van der Waals surface area contributed by atoms with Gasteiger partial charge in [0.15, 0.2) is 0 Å². The molecule has 7 nitrogen and oxygen atoms in total. The Bertz CT molecular complexity index is 1040. The number of urea groups is 1. The predicted molar refractivity (Wildman–Crippen MR) is 110 cm³/mol. The number of nitrogens with one attached hydrogen (secondary N) is 2. The van der Waals surface area contributed by atoms with Crippen LogP contribution in [0.15, 0.2) is 48.5 Å². The molecule has 2 aromatic carbocycles. The fourth-order valence-electron chi connectivity index (χ4n) is 4.26. The standard InChI is InChI=1S/C23H22N4O3/c24-14-12-16-8-10-18(11-9-16)25-20(28)15-27-21(29)23(26-22(27)30)13-4-3-6-17-5-1-2-7-19(17)23/h1-2,5,7-11H,3-4,6,12-13,15H2,(H,25,28)(H,26,30)/t23-/m1/s1. The number of carbonyl (C=O) groups excluding carboxylic acids is 3. The lowest BCUT2D eigenvalue weighted by Gasteiger charge is -2.27. The van der Waals surface area contributed by atoms with Crippen molar-refractivity contribution in [2.24, 2.45) is 0 Å². The first kappa shape index (κ1) is 19.6. The van der Waals surface area contributed by atoms with E-state index in [0.29, 0.717) is 18.5 Å². The van der Waals surface area contributed by atoms with E-state index in [-0.39, 0.29) is 12.5 Å². The maximum absolute atomic E-state index is 13.3. The van der Waals surface area contributed by atoms with Gasteiger partial charge in [-0.2, -0.15) is 5.26 Å². The number of hydrogen-bond acceptors (Lipinski definition) is 4. The molecule has 152 valence electrons. The summed E-state index contributed by atoms with van der Waals surface area (Å²) in [5, 5.41) is 14.3. The summed E-state index contributed by atoms with van der Waals surface area (Å²) in [5.41, 5.74) is 2.19. The van der Waals surface area contributed by atoms with Crippen LogP contribution in [0.4, 0.5) is 10.5 Å². The first-order valence-corrected chi connectivity index (χ1v) is 10.0. The zero-order chi connectivity index (χ0) is 21.1. The molecule has 1 atom stereocenters. The number of nitrogens with zero attached hydrogens (tertiary/aromatic N) is 2. The van der Waals surface area contributed by atoms with Crippen LogP contribution in [0.3, 0.4) is 0 Å². The second-order valence-electron chi connectivity index (χ2n) is 7.67. The van der Waals surface area contributed by atoms with Gasteiger partial charge in [0.1, 0.15) is 12.1 Å². The highest BCUT2D eigenvalue weighted by Gasteiger charge is 2.53. The van der Waals surface area contributed by atoms with Gasteiger partial charge in [0.25, 0.3) is 5.91 Å². The molecule has 0 aromatic heterocycles. The summed E-state index contributed by atoms with van der Waals surface area (Å²) in [6, 6.07) is 16.1. The molecule has 7 heteroatoms. The highest BCUT2D eigenvalue weighted by atomic mass is 16.2. The number of carbonyl (C=O) groups is 3. The van der Waals surface area contributed by atoms with Crippen molar-refractivity contribution in [3.8, 4) is 6.07 Å². The first-order chi connectivity index (χ1) is 14.5. The second kappa shape index (κ2) is 7.99. The van der Waals surface area contributed by atoms with Crippen LogP contribution < -0.4 is 10.6 Å². The fraction of sp³-hybridized carbons (Fsp3) is 0.304. The van der Waals surface area contributed by atoms with E-state index < -0.39 is 17.5 Å². The zero-order valence-electron chi connectivity index (χ0n) is 16.5. The summed E-state index contributed by atoms with van der Waals surface area (Å²) < 4.78 is 0. The quantitative estimate of drug-likeness (QED) is 0.768. The van der Waals surface area contributed by atoms with E-state index in [4.69, 9.17) is 5.26 Å². The number of imide groups is 1. The average Bonchev–Trinajstić information content (AvgIpc) is 2.88. The number of nitriles is 1. The largest absolute Gasteiger partial charge is 0.325 e.